The molecule has 0 atom stereocenters. The molecule has 0 aliphatic carbocycles. The van der Waals surface area contributed by atoms with Gasteiger partial charge in [0, 0.05) is 67.6 Å². The van der Waals surface area contributed by atoms with Crippen LogP contribution < -0.4 is 14.5 Å². The average molecular weight is 850 g/mol. The van der Waals surface area contributed by atoms with Crippen LogP contribution in [0.2, 0.25) is 0 Å². The molecule has 3 heterocycles. The number of fused-ring (bicyclic) bond motifs is 4. The summed E-state index contributed by atoms with van der Waals surface area (Å²) in [6.07, 6.45) is 1.85. The van der Waals surface area contributed by atoms with Gasteiger partial charge in [-0.25, -0.2) is 9.97 Å². The van der Waals surface area contributed by atoms with Gasteiger partial charge in [0.1, 0.15) is 0 Å². The second kappa shape index (κ2) is 13.3. The van der Waals surface area contributed by atoms with E-state index in [0.29, 0.717) is 17.4 Å². The molecule has 6 nitrogen and oxygen atoms in total. The van der Waals surface area contributed by atoms with Crippen LogP contribution in [0.3, 0.4) is 0 Å². The second-order valence-corrected chi connectivity index (χ2v) is 15.0. The maximum absolute atomic E-state index is 6.52. The number of nitrogens with zero attached hydrogens (tertiary/aromatic N) is 5. The minimum atomic E-state index is -0.124. The van der Waals surface area contributed by atoms with Crippen molar-refractivity contribution in [1.82, 2.24) is 14.5 Å². The summed E-state index contributed by atoms with van der Waals surface area (Å²) in [4.78, 5) is 14.3. The SMILES string of the molecule is CC(C)(C)c1ccc2c(c1)c1ccc(Oc3[c-]c(N4[CH-]N(Cc5ccccc5)c5ccccc54)ccc3)[c-]c1n2-c1nccc(C(C)(C)C)n1.[Pt]. The maximum atomic E-state index is 6.52. The molecule has 0 saturated heterocycles. The molecule has 0 radical (unpaired) electrons. The largest absolute Gasteiger partial charge is 0.509 e. The van der Waals surface area contributed by atoms with Crippen molar-refractivity contribution in [3.63, 3.8) is 0 Å². The minimum Gasteiger partial charge on any atom is -0.509 e. The van der Waals surface area contributed by atoms with Gasteiger partial charge in [-0.3, -0.25) is 0 Å². The maximum Gasteiger partial charge on any atom is 0.232 e. The van der Waals surface area contributed by atoms with Crippen molar-refractivity contribution in [3.05, 3.63) is 151 Å². The Morgan fingerprint density at radius 3 is 2.22 bits per heavy atom. The fourth-order valence-corrected chi connectivity index (χ4v) is 6.56. The summed E-state index contributed by atoms with van der Waals surface area (Å²) in [6.45, 7) is 16.1. The normalized spacial score (nSPS) is 13.1. The quantitative estimate of drug-likeness (QED) is 0.156. The number of hydrogen-bond acceptors (Lipinski definition) is 5. The van der Waals surface area contributed by atoms with E-state index in [1.807, 2.05) is 36.5 Å². The molecular weight excluding hydrogens is 810 g/mol. The van der Waals surface area contributed by atoms with Crippen molar-refractivity contribution in [1.29, 1.82) is 0 Å². The number of para-hydroxylation sites is 2. The van der Waals surface area contributed by atoms with E-state index >= 15 is 0 Å². The molecular formula is C44H40N5OPt-3. The summed E-state index contributed by atoms with van der Waals surface area (Å²) in [7, 11) is 0. The van der Waals surface area contributed by atoms with Gasteiger partial charge in [-0.15, -0.1) is 41.4 Å². The van der Waals surface area contributed by atoms with Crippen LogP contribution in [0.15, 0.2) is 115 Å². The van der Waals surface area contributed by atoms with Crippen molar-refractivity contribution in [2.24, 2.45) is 0 Å². The number of rotatable bonds is 6. The Balaban J connectivity index is 0.00000406. The molecule has 8 rings (SSSR count). The standard InChI is InChI=1S/C44H40N5O.Pt/c1-43(2,3)31-19-22-37-36(25-31)35-21-20-34(27-40(35)49(37)42-45-24-23-41(46-42)44(4,5)6)50-33-16-12-15-32(26-33)48-29-47(28-30-13-8-7-9-14-30)38-17-10-11-18-39(38)48;/h7-25,29H,28H2,1-6H3;/q-3;. The van der Waals surface area contributed by atoms with E-state index < -0.39 is 0 Å². The summed E-state index contributed by atoms with van der Waals surface area (Å²) in [6, 6.07) is 44.9. The fourth-order valence-electron chi connectivity index (χ4n) is 6.56. The van der Waals surface area contributed by atoms with Crippen LogP contribution in [0, 0.1) is 18.8 Å². The molecule has 0 amide bonds. The summed E-state index contributed by atoms with van der Waals surface area (Å²) >= 11 is 0. The van der Waals surface area contributed by atoms with Gasteiger partial charge in [0.15, 0.2) is 0 Å². The molecule has 51 heavy (non-hydrogen) atoms. The molecule has 7 heteroatoms. The Labute approximate surface area is 315 Å². The van der Waals surface area contributed by atoms with Gasteiger partial charge in [0.2, 0.25) is 5.95 Å². The van der Waals surface area contributed by atoms with E-state index in [-0.39, 0.29) is 31.9 Å². The molecule has 0 saturated carbocycles. The molecule has 0 bridgehead atoms. The third-order valence-electron chi connectivity index (χ3n) is 9.26. The number of ether oxygens (including phenoxy) is 1. The predicted octanol–water partition coefficient (Wildman–Crippen LogP) is 10.8. The monoisotopic (exact) mass is 849 g/mol. The summed E-state index contributed by atoms with van der Waals surface area (Å²) in [5.74, 6) is 1.81. The van der Waals surface area contributed by atoms with Crippen molar-refractivity contribution in [2.75, 3.05) is 9.80 Å². The Kier molecular flexibility index (Phi) is 9.01. The van der Waals surface area contributed by atoms with Crippen LogP contribution in [-0.2, 0) is 38.4 Å². The molecule has 2 aromatic heterocycles. The Bertz CT molecular complexity index is 2350. The summed E-state index contributed by atoms with van der Waals surface area (Å²) in [5.41, 5.74) is 8.40. The second-order valence-electron chi connectivity index (χ2n) is 15.0. The first kappa shape index (κ1) is 34.5. The first-order valence-corrected chi connectivity index (χ1v) is 17.1. The predicted molar refractivity (Wildman–Crippen MR) is 203 cm³/mol. The summed E-state index contributed by atoms with van der Waals surface area (Å²) in [5, 5.41) is 2.21. The van der Waals surface area contributed by atoms with E-state index in [1.165, 1.54) is 11.1 Å². The molecule has 1 aliphatic heterocycles. The van der Waals surface area contributed by atoms with Crippen molar-refractivity contribution >= 4 is 38.9 Å². The Morgan fingerprint density at radius 1 is 0.706 bits per heavy atom. The number of anilines is 3. The third-order valence-corrected chi connectivity index (χ3v) is 9.26. The molecule has 7 aromatic rings. The van der Waals surface area contributed by atoms with Gasteiger partial charge in [-0.1, -0.05) is 102 Å². The molecule has 0 fully saturated rings. The number of hydrogen-bond donors (Lipinski definition) is 0. The zero-order valence-electron chi connectivity index (χ0n) is 29.7. The van der Waals surface area contributed by atoms with E-state index in [2.05, 4.69) is 154 Å². The van der Waals surface area contributed by atoms with E-state index in [9.17, 15) is 0 Å². The van der Waals surface area contributed by atoms with Gasteiger partial charge in [0.05, 0.1) is 5.69 Å². The molecule has 0 spiro atoms. The van der Waals surface area contributed by atoms with Gasteiger partial charge in [0.25, 0.3) is 0 Å². The zero-order valence-corrected chi connectivity index (χ0v) is 32.0. The Morgan fingerprint density at radius 2 is 1.45 bits per heavy atom. The number of benzene rings is 5. The van der Waals surface area contributed by atoms with Crippen LogP contribution in [0.5, 0.6) is 11.5 Å². The van der Waals surface area contributed by atoms with Gasteiger partial charge in [-0.05, 0) is 46.2 Å². The summed E-state index contributed by atoms with van der Waals surface area (Å²) < 4.78 is 8.63. The zero-order chi connectivity index (χ0) is 34.6. The molecule has 260 valence electrons. The Hall–Kier alpha value is -4.93. The first-order chi connectivity index (χ1) is 24.0. The third kappa shape index (κ3) is 6.66. The van der Waals surface area contributed by atoms with E-state index in [4.69, 9.17) is 14.7 Å². The molecule has 0 N–H and O–H groups in total. The first-order valence-electron chi connectivity index (χ1n) is 17.1. The van der Waals surface area contributed by atoms with Crippen molar-refractivity contribution < 1.29 is 25.8 Å². The van der Waals surface area contributed by atoms with Gasteiger partial charge < -0.3 is 19.1 Å². The number of aromatic nitrogens is 3. The van der Waals surface area contributed by atoms with Crippen LogP contribution in [-0.4, -0.2) is 14.5 Å². The molecule has 1 aliphatic rings. The average Bonchev–Trinajstić information content (AvgIpc) is 3.63. The van der Waals surface area contributed by atoms with E-state index in [0.717, 1.165) is 51.1 Å². The smallest absolute Gasteiger partial charge is 0.232 e. The van der Waals surface area contributed by atoms with Gasteiger partial charge in [-0.2, -0.15) is 18.8 Å². The van der Waals surface area contributed by atoms with Crippen LogP contribution in [0.1, 0.15) is 58.4 Å². The van der Waals surface area contributed by atoms with Crippen LogP contribution in [0.4, 0.5) is 17.1 Å². The minimum absolute atomic E-state index is 0. The molecule has 5 aromatic carbocycles. The van der Waals surface area contributed by atoms with Crippen molar-refractivity contribution in [3.8, 4) is 17.4 Å². The van der Waals surface area contributed by atoms with Crippen LogP contribution >= 0.6 is 0 Å². The van der Waals surface area contributed by atoms with Crippen LogP contribution in [0.25, 0.3) is 27.8 Å². The fraction of sp³-hybridized carbons (Fsp3) is 0.205. The molecule has 0 unspecified atom stereocenters. The van der Waals surface area contributed by atoms with Crippen molar-refractivity contribution in [2.45, 2.75) is 58.9 Å². The topological polar surface area (TPSA) is 46.4 Å². The van der Waals surface area contributed by atoms with Gasteiger partial charge >= 0.3 is 0 Å². The van der Waals surface area contributed by atoms with E-state index in [1.54, 1.807) is 0 Å².